The molecular formula is C14H15FN2O. The van der Waals surface area contributed by atoms with Crippen LogP contribution in [0.15, 0.2) is 42.6 Å². The topological polar surface area (TPSA) is 34.0 Å². The van der Waals surface area contributed by atoms with Crippen LogP contribution < -0.4 is 5.32 Å². The molecule has 0 bridgehead atoms. The number of nitrogens with zero attached hydrogens (tertiary/aromatic N) is 1. The Labute approximate surface area is 105 Å². The van der Waals surface area contributed by atoms with Gasteiger partial charge in [-0.05, 0) is 30.2 Å². The van der Waals surface area contributed by atoms with Crippen molar-refractivity contribution in [2.75, 3.05) is 6.54 Å². The third kappa shape index (κ3) is 2.77. The summed E-state index contributed by atoms with van der Waals surface area (Å²) in [6.45, 7) is 0.422. The number of nitrogens with one attached hydrogen (secondary N) is 1. The molecule has 0 aliphatic carbocycles. The minimum absolute atomic E-state index is 0.140. The fourth-order valence-electron chi connectivity index (χ4n) is 1.80. The van der Waals surface area contributed by atoms with Crippen LogP contribution in [-0.4, -0.2) is 17.0 Å². The molecule has 0 spiro atoms. The number of benzene rings is 1. The van der Waals surface area contributed by atoms with Gasteiger partial charge in [0, 0.05) is 19.8 Å². The number of hydrogen-bond acceptors (Lipinski definition) is 1. The van der Waals surface area contributed by atoms with Crippen molar-refractivity contribution in [2.24, 2.45) is 7.05 Å². The van der Waals surface area contributed by atoms with Crippen LogP contribution >= 0.6 is 0 Å². The minimum Gasteiger partial charge on any atom is -0.350 e. The maximum atomic E-state index is 13.3. The highest BCUT2D eigenvalue weighted by Crippen LogP contribution is 2.06. The molecular weight excluding hydrogens is 231 g/mol. The van der Waals surface area contributed by atoms with Gasteiger partial charge in [0.25, 0.3) is 5.91 Å². The van der Waals surface area contributed by atoms with E-state index in [0.717, 1.165) is 0 Å². The van der Waals surface area contributed by atoms with Crippen LogP contribution in [0, 0.1) is 5.82 Å². The van der Waals surface area contributed by atoms with E-state index in [-0.39, 0.29) is 11.7 Å². The van der Waals surface area contributed by atoms with Crippen molar-refractivity contribution in [2.45, 2.75) is 6.42 Å². The Kier molecular flexibility index (Phi) is 3.77. The third-order valence-electron chi connectivity index (χ3n) is 2.81. The maximum absolute atomic E-state index is 13.3. The van der Waals surface area contributed by atoms with E-state index in [1.165, 1.54) is 6.07 Å². The zero-order valence-corrected chi connectivity index (χ0v) is 10.2. The Morgan fingerprint density at radius 3 is 2.72 bits per heavy atom. The number of carbonyl (C=O) groups excluding carboxylic acids is 1. The largest absolute Gasteiger partial charge is 0.350 e. The predicted octanol–water partition coefficient (Wildman–Crippen LogP) is 2.14. The van der Waals surface area contributed by atoms with Crippen LogP contribution in [0.3, 0.4) is 0 Å². The van der Waals surface area contributed by atoms with Gasteiger partial charge < -0.3 is 9.88 Å². The number of amides is 1. The lowest BCUT2D eigenvalue weighted by Gasteiger charge is -2.06. The first kappa shape index (κ1) is 12.4. The predicted molar refractivity (Wildman–Crippen MR) is 67.9 cm³/mol. The summed E-state index contributed by atoms with van der Waals surface area (Å²) in [6, 6.07) is 10.2. The van der Waals surface area contributed by atoms with Crippen molar-refractivity contribution < 1.29 is 9.18 Å². The summed E-state index contributed by atoms with van der Waals surface area (Å²) in [5.41, 5.74) is 1.22. The molecule has 0 aliphatic heterocycles. The fourth-order valence-corrected chi connectivity index (χ4v) is 1.80. The Bertz CT molecular complexity index is 548. The quantitative estimate of drug-likeness (QED) is 0.881. The zero-order valence-electron chi connectivity index (χ0n) is 10.2. The number of hydrogen-bond donors (Lipinski definition) is 1. The third-order valence-corrected chi connectivity index (χ3v) is 2.81. The van der Waals surface area contributed by atoms with Crippen LogP contribution in [0.2, 0.25) is 0 Å². The number of rotatable bonds is 4. The van der Waals surface area contributed by atoms with Crippen LogP contribution in [0.4, 0.5) is 4.39 Å². The molecule has 2 rings (SSSR count). The molecule has 0 unspecified atom stereocenters. The van der Waals surface area contributed by atoms with E-state index >= 15 is 0 Å². The summed E-state index contributed by atoms with van der Waals surface area (Å²) in [5, 5.41) is 2.78. The van der Waals surface area contributed by atoms with Crippen molar-refractivity contribution in [3.63, 3.8) is 0 Å². The van der Waals surface area contributed by atoms with Gasteiger partial charge in [-0.2, -0.15) is 0 Å². The summed E-state index contributed by atoms with van der Waals surface area (Å²) in [4.78, 5) is 11.8. The van der Waals surface area contributed by atoms with Crippen molar-refractivity contribution in [3.8, 4) is 0 Å². The SMILES string of the molecule is Cn1cccc1C(=O)NCCc1ccccc1F. The highest BCUT2D eigenvalue weighted by atomic mass is 19.1. The summed E-state index contributed by atoms with van der Waals surface area (Å²) in [7, 11) is 1.81. The second kappa shape index (κ2) is 5.49. The molecule has 1 heterocycles. The van der Waals surface area contributed by atoms with Gasteiger partial charge in [-0.25, -0.2) is 4.39 Å². The van der Waals surface area contributed by atoms with Crippen LogP contribution in [0.25, 0.3) is 0 Å². The van der Waals surface area contributed by atoms with E-state index in [4.69, 9.17) is 0 Å². The van der Waals surface area contributed by atoms with Gasteiger partial charge in [0.05, 0.1) is 0 Å². The van der Waals surface area contributed by atoms with Gasteiger partial charge in [-0.15, -0.1) is 0 Å². The number of aryl methyl sites for hydroxylation is 1. The van der Waals surface area contributed by atoms with Crippen molar-refractivity contribution >= 4 is 5.91 Å². The Hall–Kier alpha value is -2.10. The second-order valence-corrected chi connectivity index (χ2v) is 4.10. The summed E-state index contributed by atoms with van der Waals surface area (Å²) in [6.07, 6.45) is 2.30. The maximum Gasteiger partial charge on any atom is 0.267 e. The van der Waals surface area contributed by atoms with E-state index in [1.54, 1.807) is 28.8 Å². The van der Waals surface area contributed by atoms with Gasteiger partial charge in [0.1, 0.15) is 11.5 Å². The van der Waals surface area contributed by atoms with Gasteiger partial charge in [-0.3, -0.25) is 4.79 Å². The normalized spacial score (nSPS) is 10.3. The Morgan fingerprint density at radius 2 is 2.06 bits per heavy atom. The highest BCUT2D eigenvalue weighted by molar-refractivity contribution is 5.92. The molecule has 0 fully saturated rings. The minimum atomic E-state index is -0.231. The van der Waals surface area contributed by atoms with E-state index in [2.05, 4.69) is 5.32 Å². The number of aromatic nitrogens is 1. The smallest absolute Gasteiger partial charge is 0.267 e. The number of halogens is 1. The molecule has 1 amide bonds. The molecule has 1 aromatic carbocycles. The molecule has 0 saturated heterocycles. The van der Waals surface area contributed by atoms with Crippen molar-refractivity contribution in [3.05, 3.63) is 59.7 Å². The van der Waals surface area contributed by atoms with E-state index in [1.807, 2.05) is 19.3 Å². The molecule has 0 aliphatic rings. The summed E-state index contributed by atoms with van der Waals surface area (Å²) >= 11 is 0. The molecule has 0 atom stereocenters. The molecule has 1 aromatic heterocycles. The molecule has 1 N–H and O–H groups in total. The summed E-state index contributed by atoms with van der Waals surface area (Å²) in [5.74, 6) is -0.371. The first-order chi connectivity index (χ1) is 8.68. The highest BCUT2D eigenvalue weighted by Gasteiger charge is 2.08. The Morgan fingerprint density at radius 1 is 1.28 bits per heavy atom. The molecule has 18 heavy (non-hydrogen) atoms. The molecule has 0 saturated carbocycles. The van der Waals surface area contributed by atoms with Crippen LogP contribution in [0.1, 0.15) is 16.1 Å². The molecule has 0 radical (unpaired) electrons. The monoisotopic (exact) mass is 246 g/mol. The standard InChI is InChI=1S/C14H15FN2O/c1-17-10-4-7-13(17)14(18)16-9-8-11-5-2-3-6-12(11)15/h2-7,10H,8-9H2,1H3,(H,16,18). The summed E-state index contributed by atoms with van der Waals surface area (Å²) < 4.78 is 15.1. The first-order valence-corrected chi connectivity index (χ1v) is 5.81. The van der Waals surface area contributed by atoms with E-state index < -0.39 is 0 Å². The molecule has 4 heteroatoms. The average molecular weight is 246 g/mol. The van der Waals surface area contributed by atoms with Crippen LogP contribution in [0.5, 0.6) is 0 Å². The van der Waals surface area contributed by atoms with Gasteiger partial charge in [-0.1, -0.05) is 18.2 Å². The van der Waals surface area contributed by atoms with Crippen molar-refractivity contribution in [1.82, 2.24) is 9.88 Å². The lowest BCUT2D eigenvalue weighted by atomic mass is 10.1. The zero-order chi connectivity index (χ0) is 13.0. The van der Waals surface area contributed by atoms with Gasteiger partial charge >= 0.3 is 0 Å². The molecule has 2 aromatic rings. The van der Waals surface area contributed by atoms with Crippen molar-refractivity contribution in [1.29, 1.82) is 0 Å². The lowest BCUT2D eigenvalue weighted by Crippen LogP contribution is -2.27. The first-order valence-electron chi connectivity index (χ1n) is 5.81. The van der Waals surface area contributed by atoms with E-state index in [0.29, 0.717) is 24.2 Å². The number of carbonyl (C=O) groups is 1. The van der Waals surface area contributed by atoms with Crippen LogP contribution in [-0.2, 0) is 13.5 Å². The lowest BCUT2D eigenvalue weighted by molar-refractivity contribution is 0.0946. The second-order valence-electron chi connectivity index (χ2n) is 4.10. The molecule has 94 valence electrons. The average Bonchev–Trinajstić information content (AvgIpc) is 2.78. The Balaban J connectivity index is 1.88. The van der Waals surface area contributed by atoms with Gasteiger partial charge in [0.2, 0.25) is 0 Å². The van der Waals surface area contributed by atoms with E-state index in [9.17, 15) is 9.18 Å². The fraction of sp³-hybridized carbons (Fsp3) is 0.214. The molecule has 3 nitrogen and oxygen atoms in total. The van der Waals surface area contributed by atoms with Gasteiger partial charge in [0.15, 0.2) is 0 Å².